The number of halogens is 1. The summed E-state index contributed by atoms with van der Waals surface area (Å²) in [7, 11) is 0. The molecule has 1 saturated heterocycles. The fraction of sp³-hybridized carbons (Fsp3) is 0.556. The number of aliphatic hydroxyl groups excluding tert-OH is 1. The van der Waals surface area contributed by atoms with Crippen LogP contribution in [-0.2, 0) is 0 Å². The van der Waals surface area contributed by atoms with Gasteiger partial charge in [-0.05, 0) is 6.42 Å². The number of aliphatic hydroxyl groups is 1. The van der Waals surface area contributed by atoms with Crippen molar-refractivity contribution in [3.8, 4) is 0 Å². The number of rotatable bonds is 3. The lowest BCUT2D eigenvalue weighted by Gasteiger charge is -2.13. The number of aromatic nitrogens is 1. The van der Waals surface area contributed by atoms with Gasteiger partial charge in [-0.15, -0.1) is 0 Å². The summed E-state index contributed by atoms with van der Waals surface area (Å²) in [6.45, 7) is 1.86. The summed E-state index contributed by atoms with van der Waals surface area (Å²) < 4.78 is 0. The van der Waals surface area contributed by atoms with Crippen LogP contribution in [0, 0.1) is 5.92 Å². The molecule has 1 aromatic heterocycles. The number of anilines is 1. The van der Waals surface area contributed by atoms with Crippen LogP contribution < -0.4 is 4.90 Å². The van der Waals surface area contributed by atoms with Gasteiger partial charge in [0, 0.05) is 25.6 Å². The second kappa shape index (κ2) is 4.47. The predicted molar refractivity (Wildman–Crippen MR) is 59.9 cm³/mol. The van der Waals surface area contributed by atoms with E-state index in [4.69, 9.17) is 16.7 Å². The van der Waals surface area contributed by atoms with Gasteiger partial charge < -0.3 is 10.0 Å². The number of carbonyl (C=O) groups excluding carboxylic acids is 1. The lowest BCUT2D eigenvalue weighted by molar-refractivity contribution is 0.112. The summed E-state index contributed by atoms with van der Waals surface area (Å²) in [6, 6.07) is 0. The summed E-state index contributed by atoms with van der Waals surface area (Å²) in [5.74, 6) is 0.312. The summed E-state index contributed by atoms with van der Waals surface area (Å²) in [6.07, 6.45) is 1.69. The Bertz CT molecular complexity index is 369. The molecule has 1 N–H and O–H groups in total. The van der Waals surface area contributed by atoms with E-state index in [0.717, 1.165) is 30.9 Å². The fourth-order valence-electron chi connectivity index (χ4n) is 1.67. The summed E-state index contributed by atoms with van der Waals surface area (Å²) >= 11 is 7.09. The molecular weight excluding hydrogens is 236 g/mol. The molecule has 2 heterocycles. The molecule has 82 valence electrons. The molecule has 0 amide bonds. The predicted octanol–water partition coefficient (Wildman–Crippen LogP) is 1.43. The first kappa shape index (κ1) is 10.9. The Morgan fingerprint density at radius 3 is 3.07 bits per heavy atom. The van der Waals surface area contributed by atoms with Crippen LogP contribution >= 0.6 is 22.9 Å². The van der Waals surface area contributed by atoms with Crippen LogP contribution in [0.2, 0.25) is 5.15 Å². The standard InChI is InChI=1S/C9H11ClN2O2S/c10-8-7(5-14)15-9(11-8)12-2-1-6(3-12)4-13/h5-6,13H,1-4H2. The zero-order valence-electron chi connectivity index (χ0n) is 8.02. The van der Waals surface area contributed by atoms with Gasteiger partial charge in [-0.2, -0.15) is 0 Å². The topological polar surface area (TPSA) is 53.4 Å². The molecule has 2 rings (SSSR count). The van der Waals surface area contributed by atoms with Crippen LogP contribution in [-0.4, -0.2) is 36.1 Å². The molecule has 0 radical (unpaired) electrons. The van der Waals surface area contributed by atoms with Crippen LogP contribution in [0.1, 0.15) is 16.1 Å². The van der Waals surface area contributed by atoms with E-state index in [-0.39, 0.29) is 11.8 Å². The van der Waals surface area contributed by atoms with Crippen LogP contribution in [0.3, 0.4) is 0 Å². The molecule has 0 bridgehead atoms. The molecule has 0 aliphatic carbocycles. The van der Waals surface area contributed by atoms with Gasteiger partial charge in [0.15, 0.2) is 16.6 Å². The zero-order chi connectivity index (χ0) is 10.8. The third-order valence-corrected chi connectivity index (χ3v) is 3.96. The molecule has 1 aromatic rings. The van der Waals surface area contributed by atoms with Gasteiger partial charge in [-0.1, -0.05) is 22.9 Å². The average Bonchev–Trinajstić information content (AvgIpc) is 2.83. The third kappa shape index (κ3) is 2.14. The summed E-state index contributed by atoms with van der Waals surface area (Å²) in [4.78, 5) is 17.3. The highest BCUT2D eigenvalue weighted by Gasteiger charge is 2.24. The minimum atomic E-state index is 0.205. The van der Waals surface area contributed by atoms with E-state index >= 15 is 0 Å². The first-order valence-electron chi connectivity index (χ1n) is 4.72. The zero-order valence-corrected chi connectivity index (χ0v) is 9.59. The molecular formula is C9H11ClN2O2S. The first-order chi connectivity index (χ1) is 7.24. The van der Waals surface area contributed by atoms with E-state index in [1.807, 2.05) is 0 Å². The molecule has 6 heteroatoms. The van der Waals surface area contributed by atoms with Crippen molar-refractivity contribution in [2.45, 2.75) is 6.42 Å². The van der Waals surface area contributed by atoms with E-state index in [0.29, 0.717) is 10.8 Å². The maximum atomic E-state index is 10.6. The van der Waals surface area contributed by atoms with E-state index in [1.165, 1.54) is 11.3 Å². The highest BCUT2D eigenvalue weighted by molar-refractivity contribution is 7.17. The van der Waals surface area contributed by atoms with Crippen LogP contribution in [0.4, 0.5) is 5.13 Å². The second-order valence-corrected chi connectivity index (χ2v) is 4.92. The van der Waals surface area contributed by atoms with Crippen LogP contribution in [0.15, 0.2) is 0 Å². The van der Waals surface area contributed by atoms with E-state index in [9.17, 15) is 4.79 Å². The fourth-order valence-corrected chi connectivity index (χ4v) is 2.76. The maximum Gasteiger partial charge on any atom is 0.187 e. The molecule has 1 aliphatic heterocycles. The Hall–Kier alpha value is -0.650. The Morgan fingerprint density at radius 1 is 1.73 bits per heavy atom. The minimum Gasteiger partial charge on any atom is -0.396 e. The van der Waals surface area contributed by atoms with Crippen molar-refractivity contribution in [1.29, 1.82) is 0 Å². The van der Waals surface area contributed by atoms with E-state index in [2.05, 4.69) is 9.88 Å². The molecule has 1 unspecified atom stereocenters. The van der Waals surface area contributed by atoms with Gasteiger partial charge in [0.1, 0.15) is 4.88 Å². The Kier molecular flexibility index (Phi) is 3.23. The molecule has 1 atom stereocenters. The quantitative estimate of drug-likeness (QED) is 0.820. The molecule has 1 fully saturated rings. The third-order valence-electron chi connectivity index (χ3n) is 2.52. The van der Waals surface area contributed by atoms with E-state index in [1.54, 1.807) is 0 Å². The van der Waals surface area contributed by atoms with Gasteiger partial charge in [-0.25, -0.2) is 4.98 Å². The molecule has 15 heavy (non-hydrogen) atoms. The molecule has 1 aliphatic rings. The summed E-state index contributed by atoms with van der Waals surface area (Å²) in [5, 5.41) is 10.1. The lowest BCUT2D eigenvalue weighted by atomic mass is 10.1. The number of nitrogens with zero attached hydrogens (tertiary/aromatic N) is 2. The minimum absolute atomic E-state index is 0.205. The first-order valence-corrected chi connectivity index (χ1v) is 5.91. The van der Waals surface area contributed by atoms with Gasteiger partial charge in [-0.3, -0.25) is 4.79 Å². The van der Waals surface area contributed by atoms with Crippen LogP contribution in [0.5, 0.6) is 0 Å². The maximum absolute atomic E-state index is 10.6. The molecule has 0 aromatic carbocycles. The number of thiazole rings is 1. The molecule has 4 nitrogen and oxygen atoms in total. The van der Waals surface area contributed by atoms with E-state index < -0.39 is 0 Å². The smallest absolute Gasteiger partial charge is 0.187 e. The average molecular weight is 247 g/mol. The van der Waals surface area contributed by atoms with Crippen molar-refractivity contribution in [3.05, 3.63) is 10.0 Å². The van der Waals surface area contributed by atoms with Gasteiger partial charge in [0.2, 0.25) is 0 Å². The van der Waals surface area contributed by atoms with Crippen molar-refractivity contribution in [1.82, 2.24) is 4.98 Å². The van der Waals surface area contributed by atoms with Crippen molar-refractivity contribution in [3.63, 3.8) is 0 Å². The van der Waals surface area contributed by atoms with Crippen LogP contribution in [0.25, 0.3) is 0 Å². The highest BCUT2D eigenvalue weighted by Crippen LogP contribution is 2.31. The highest BCUT2D eigenvalue weighted by atomic mass is 35.5. The number of hydrogen-bond donors (Lipinski definition) is 1. The Balaban J connectivity index is 2.13. The lowest BCUT2D eigenvalue weighted by Crippen LogP contribution is -2.20. The van der Waals surface area contributed by atoms with Gasteiger partial charge in [0.25, 0.3) is 0 Å². The van der Waals surface area contributed by atoms with Gasteiger partial charge >= 0.3 is 0 Å². The van der Waals surface area contributed by atoms with Gasteiger partial charge in [0.05, 0.1) is 0 Å². The second-order valence-electron chi connectivity index (χ2n) is 3.55. The SMILES string of the molecule is O=Cc1sc(N2CCC(CO)C2)nc1Cl. The Labute approximate surface area is 96.5 Å². The Morgan fingerprint density at radius 2 is 2.53 bits per heavy atom. The number of hydrogen-bond acceptors (Lipinski definition) is 5. The normalized spacial score (nSPS) is 20.9. The number of aldehydes is 1. The van der Waals surface area contributed by atoms with Crippen molar-refractivity contribution in [2.75, 3.05) is 24.6 Å². The largest absolute Gasteiger partial charge is 0.396 e. The molecule has 0 spiro atoms. The number of carbonyl (C=O) groups is 1. The molecule has 0 saturated carbocycles. The van der Waals surface area contributed by atoms with Crippen molar-refractivity contribution >= 4 is 34.4 Å². The van der Waals surface area contributed by atoms with Crippen molar-refractivity contribution in [2.24, 2.45) is 5.92 Å². The van der Waals surface area contributed by atoms with Crippen molar-refractivity contribution < 1.29 is 9.90 Å². The monoisotopic (exact) mass is 246 g/mol. The summed E-state index contributed by atoms with van der Waals surface area (Å²) in [5.41, 5.74) is 0.